The summed E-state index contributed by atoms with van der Waals surface area (Å²) >= 11 is 0. The number of halogens is 1. The zero-order valence-electron chi connectivity index (χ0n) is 10.2. The maximum atomic E-state index is 13.0. The summed E-state index contributed by atoms with van der Waals surface area (Å²) in [6.45, 7) is 4.86. The molecule has 1 saturated heterocycles. The second-order valence-electron chi connectivity index (χ2n) is 4.67. The molecular formula is C13H20FN3. The Hall–Kier alpha value is -0.970. The van der Waals surface area contributed by atoms with Crippen LogP contribution < -0.4 is 10.6 Å². The summed E-state index contributed by atoms with van der Waals surface area (Å²) < 4.78 is 13.0. The zero-order chi connectivity index (χ0) is 12.1. The fraction of sp³-hybridized carbons (Fsp3) is 0.538. The van der Waals surface area contributed by atoms with Crippen LogP contribution in [0.3, 0.4) is 0 Å². The summed E-state index contributed by atoms with van der Waals surface area (Å²) in [7, 11) is 2.14. The van der Waals surface area contributed by atoms with Gasteiger partial charge in [0.15, 0.2) is 0 Å². The number of hydrogen-bond acceptors (Lipinski definition) is 3. The molecule has 1 heterocycles. The normalized spacial score (nSPS) is 21.6. The van der Waals surface area contributed by atoms with Crippen LogP contribution in [0.5, 0.6) is 0 Å². The molecule has 0 aliphatic carbocycles. The zero-order valence-corrected chi connectivity index (χ0v) is 10.2. The van der Waals surface area contributed by atoms with E-state index in [1.165, 1.54) is 6.07 Å². The van der Waals surface area contributed by atoms with E-state index >= 15 is 0 Å². The topological polar surface area (TPSA) is 27.3 Å². The molecule has 1 atom stereocenters. The molecular weight excluding hydrogens is 217 g/mol. The number of nitrogens with zero attached hydrogens (tertiary/aromatic N) is 1. The van der Waals surface area contributed by atoms with Gasteiger partial charge in [-0.3, -0.25) is 0 Å². The molecule has 1 aromatic rings. The van der Waals surface area contributed by atoms with Crippen molar-refractivity contribution >= 4 is 0 Å². The average Bonchev–Trinajstić information content (AvgIpc) is 2.29. The van der Waals surface area contributed by atoms with Gasteiger partial charge in [0, 0.05) is 38.8 Å². The van der Waals surface area contributed by atoms with Crippen LogP contribution in [-0.2, 0) is 6.54 Å². The highest BCUT2D eigenvalue weighted by Crippen LogP contribution is 2.03. The third-order valence-electron chi connectivity index (χ3n) is 3.07. The third-order valence-corrected chi connectivity index (χ3v) is 3.07. The average molecular weight is 237 g/mol. The van der Waals surface area contributed by atoms with Gasteiger partial charge in [-0.1, -0.05) is 12.1 Å². The van der Waals surface area contributed by atoms with Crippen LogP contribution >= 0.6 is 0 Å². The van der Waals surface area contributed by atoms with E-state index in [-0.39, 0.29) is 5.82 Å². The van der Waals surface area contributed by atoms with E-state index < -0.39 is 0 Å². The van der Waals surface area contributed by atoms with Crippen molar-refractivity contribution in [3.8, 4) is 0 Å². The van der Waals surface area contributed by atoms with Gasteiger partial charge in [0.05, 0.1) is 0 Å². The third kappa shape index (κ3) is 4.07. The lowest BCUT2D eigenvalue weighted by Crippen LogP contribution is -2.52. The first-order valence-electron chi connectivity index (χ1n) is 6.11. The van der Waals surface area contributed by atoms with Crippen molar-refractivity contribution in [1.82, 2.24) is 15.5 Å². The number of nitrogens with one attached hydrogen (secondary N) is 2. The molecule has 0 spiro atoms. The minimum Gasteiger partial charge on any atom is -0.311 e. The molecule has 0 aromatic heterocycles. The second-order valence-corrected chi connectivity index (χ2v) is 4.67. The fourth-order valence-electron chi connectivity index (χ4n) is 2.17. The van der Waals surface area contributed by atoms with Crippen molar-refractivity contribution in [2.45, 2.75) is 12.6 Å². The standard InChI is InChI=1S/C13H20FN3/c1-17-6-5-16-13(10-17)9-15-8-11-3-2-4-12(14)7-11/h2-4,7,13,15-16H,5-6,8-10H2,1H3. The van der Waals surface area contributed by atoms with Gasteiger partial charge in [0.2, 0.25) is 0 Å². The molecule has 4 heteroatoms. The Morgan fingerprint density at radius 3 is 3.18 bits per heavy atom. The summed E-state index contributed by atoms with van der Waals surface area (Å²) in [5, 5.41) is 6.83. The van der Waals surface area contributed by atoms with Crippen LogP contribution in [0.25, 0.3) is 0 Å². The summed E-state index contributed by atoms with van der Waals surface area (Å²) in [4.78, 5) is 2.32. The first-order valence-corrected chi connectivity index (χ1v) is 6.11. The van der Waals surface area contributed by atoms with E-state index in [0.29, 0.717) is 6.04 Å². The summed E-state index contributed by atoms with van der Waals surface area (Å²) in [5.41, 5.74) is 0.995. The monoisotopic (exact) mass is 237 g/mol. The van der Waals surface area contributed by atoms with Crippen LogP contribution in [0.15, 0.2) is 24.3 Å². The highest BCUT2D eigenvalue weighted by atomic mass is 19.1. The molecule has 3 nitrogen and oxygen atoms in total. The highest BCUT2D eigenvalue weighted by Gasteiger charge is 2.15. The predicted molar refractivity (Wildman–Crippen MR) is 67.4 cm³/mol. The number of hydrogen-bond donors (Lipinski definition) is 2. The van der Waals surface area contributed by atoms with Crippen molar-refractivity contribution < 1.29 is 4.39 Å². The van der Waals surface area contributed by atoms with Gasteiger partial charge in [0.1, 0.15) is 5.82 Å². The Morgan fingerprint density at radius 2 is 2.41 bits per heavy atom. The Balaban J connectivity index is 1.72. The van der Waals surface area contributed by atoms with Crippen LogP contribution in [0, 0.1) is 5.82 Å². The van der Waals surface area contributed by atoms with Crippen molar-refractivity contribution in [1.29, 1.82) is 0 Å². The lowest BCUT2D eigenvalue weighted by Gasteiger charge is -2.31. The van der Waals surface area contributed by atoms with Crippen molar-refractivity contribution in [2.75, 3.05) is 33.2 Å². The second kappa shape index (κ2) is 6.10. The largest absolute Gasteiger partial charge is 0.311 e. The van der Waals surface area contributed by atoms with E-state index in [9.17, 15) is 4.39 Å². The van der Waals surface area contributed by atoms with Gasteiger partial charge < -0.3 is 15.5 Å². The Bertz CT molecular complexity index is 356. The van der Waals surface area contributed by atoms with E-state index in [4.69, 9.17) is 0 Å². The molecule has 1 aliphatic heterocycles. The van der Waals surface area contributed by atoms with Crippen molar-refractivity contribution in [3.05, 3.63) is 35.6 Å². The maximum absolute atomic E-state index is 13.0. The van der Waals surface area contributed by atoms with Gasteiger partial charge in [-0.25, -0.2) is 4.39 Å². The smallest absolute Gasteiger partial charge is 0.123 e. The van der Waals surface area contributed by atoms with Crippen LogP contribution in [0.2, 0.25) is 0 Å². The molecule has 0 bridgehead atoms. The molecule has 17 heavy (non-hydrogen) atoms. The molecule has 0 saturated carbocycles. The van der Waals surface area contributed by atoms with Crippen molar-refractivity contribution in [3.63, 3.8) is 0 Å². The molecule has 2 N–H and O–H groups in total. The Labute approximate surface area is 102 Å². The Kier molecular flexibility index (Phi) is 4.48. The molecule has 2 rings (SSSR count). The quantitative estimate of drug-likeness (QED) is 0.812. The van der Waals surface area contributed by atoms with E-state index in [1.807, 2.05) is 6.07 Å². The molecule has 1 fully saturated rings. The molecule has 1 unspecified atom stereocenters. The lowest BCUT2D eigenvalue weighted by atomic mass is 10.2. The number of rotatable bonds is 4. The van der Waals surface area contributed by atoms with Crippen LogP contribution in [0.4, 0.5) is 4.39 Å². The molecule has 94 valence electrons. The summed E-state index contributed by atoms with van der Waals surface area (Å²) in [6.07, 6.45) is 0. The summed E-state index contributed by atoms with van der Waals surface area (Å²) in [5.74, 6) is -0.167. The minimum absolute atomic E-state index is 0.167. The highest BCUT2D eigenvalue weighted by molar-refractivity contribution is 5.15. The van der Waals surface area contributed by atoms with Crippen molar-refractivity contribution in [2.24, 2.45) is 0 Å². The fourth-order valence-corrected chi connectivity index (χ4v) is 2.17. The van der Waals surface area contributed by atoms with Crippen LogP contribution in [-0.4, -0.2) is 44.2 Å². The SMILES string of the molecule is CN1CCNC(CNCc2cccc(F)c2)C1. The van der Waals surface area contributed by atoms with E-state index in [1.54, 1.807) is 12.1 Å². The molecule has 1 aromatic carbocycles. The van der Waals surface area contributed by atoms with Gasteiger partial charge in [-0.15, -0.1) is 0 Å². The van der Waals surface area contributed by atoms with E-state index in [2.05, 4.69) is 22.6 Å². The first kappa shape index (κ1) is 12.5. The van der Waals surface area contributed by atoms with Gasteiger partial charge >= 0.3 is 0 Å². The lowest BCUT2D eigenvalue weighted by molar-refractivity contribution is 0.235. The number of benzene rings is 1. The van der Waals surface area contributed by atoms with Crippen LogP contribution in [0.1, 0.15) is 5.56 Å². The minimum atomic E-state index is -0.167. The first-order chi connectivity index (χ1) is 8.24. The summed E-state index contributed by atoms with van der Waals surface area (Å²) in [6, 6.07) is 7.23. The molecule has 0 radical (unpaired) electrons. The molecule has 1 aliphatic rings. The predicted octanol–water partition coefficient (Wildman–Crippen LogP) is 0.819. The van der Waals surface area contributed by atoms with Gasteiger partial charge in [-0.2, -0.15) is 0 Å². The number of likely N-dealkylation sites (N-methyl/N-ethyl adjacent to an activating group) is 1. The molecule has 0 amide bonds. The maximum Gasteiger partial charge on any atom is 0.123 e. The van der Waals surface area contributed by atoms with Gasteiger partial charge in [-0.05, 0) is 24.7 Å². The van der Waals surface area contributed by atoms with E-state index in [0.717, 1.165) is 38.3 Å². The number of piperazine rings is 1. The Morgan fingerprint density at radius 1 is 1.53 bits per heavy atom. The van der Waals surface area contributed by atoms with Gasteiger partial charge in [0.25, 0.3) is 0 Å².